The second kappa shape index (κ2) is 13.7. The topological polar surface area (TPSA) is 80.3 Å². The van der Waals surface area contributed by atoms with E-state index in [-0.39, 0.29) is 12.2 Å². The van der Waals surface area contributed by atoms with Gasteiger partial charge < -0.3 is 19.5 Å². The van der Waals surface area contributed by atoms with Gasteiger partial charge in [-0.3, -0.25) is 9.80 Å². The molecular weight excluding hydrogens is 574 g/mol. The Hall–Kier alpha value is -4.11. The lowest BCUT2D eigenvalue weighted by molar-refractivity contribution is 0.0210. The molecule has 0 aromatic heterocycles. The fourth-order valence-corrected chi connectivity index (χ4v) is 4.83. The number of hydrogen-bond donors (Lipinski definition) is 1. The monoisotopic (exact) mass is 617 g/mol. The fourth-order valence-electron chi connectivity index (χ4n) is 4.67. The van der Waals surface area contributed by atoms with Crippen molar-refractivity contribution >= 4 is 35.1 Å². The first-order chi connectivity index (χ1) is 20.6. The van der Waals surface area contributed by atoms with Crippen LogP contribution in [0.3, 0.4) is 0 Å². The average Bonchev–Trinajstić information content (AvgIpc) is 2.92. The molecule has 1 aliphatic heterocycles. The van der Waals surface area contributed by atoms with Gasteiger partial charge in [-0.2, -0.15) is 0 Å². The fraction of sp³-hybridized carbons (Fsp3) is 0.400. The van der Waals surface area contributed by atoms with Gasteiger partial charge in [0, 0.05) is 26.2 Å². The highest BCUT2D eigenvalue weighted by Crippen LogP contribution is 2.31. The average molecular weight is 618 g/mol. The van der Waals surface area contributed by atoms with E-state index < -0.39 is 17.3 Å². The zero-order chi connectivity index (χ0) is 32.1. The lowest BCUT2D eigenvalue weighted by Crippen LogP contribution is -2.36. The first kappa shape index (κ1) is 32.8. The lowest BCUT2D eigenvalue weighted by atomic mass is 10.1. The van der Waals surface area contributed by atoms with Gasteiger partial charge in [0.15, 0.2) is 0 Å². The number of amides is 2. The van der Waals surface area contributed by atoms with E-state index in [1.165, 1.54) is 0 Å². The van der Waals surface area contributed by atoms with Crippen LogP contribution in [0.25, 0.3) is 0 Å². The molecule has 234 valence electrons. The van der Waals surface area contributed by atoms with Crippen LogP contribution in [0.15, 0.2) is 72.8 Å². The van der Waals surface area contributed by atoms with Crippen molar-refractivity contribution in [3.8, 4) is 5.75 Å². The van der Waals surface area contributed by atoms with Crippen molar-refractivity contribution in [2.75, 3.05) is 5.32 Å². The lowest BCUT2D eigenvalue weighted by Gasteiger charge is -2.29. The van der Waals surface area contributed by atoms with E-state index in [2.05, 4.69) is 5.32 Å². The summed E-state index contributed by atoms with van der Waals surface area (Å²) in [6.45, 7) is 14.4. The van der Waals surface area contributed by atoms with E-state index in [1.54, 1.807) is 9.80 Å². The molecule has 0 fully saturated rings. The molecule has 0 radical (unpaired) electrons. The SMILES string of the molecule is CC1Oc2ccc(CN(Cc3cccc(CN(Cc4ccccc4)C(=O)OC(C)(C)C)c3)C(=O)OC(C)(C)C)cc2NC1=S. The maximum atomic E-state index is 13.4. The third kappa shape index (κ3) is 9.71. The Morgan fingerprint density at radius 2 is 1.20 bits per heavy atom. The van der Waals surface area contributed by atoms with Crippen LogP contribution in [0, 0.1) is 0 Å². The van der Waals surface area contributed by atoms with Crippen molar-refractivity contribution in [1.82, 2.24) is 9.80 Å². The Labute approximate surface area is 266 Å². The normalized spacial score (nSPS) is 14.5. The number of carbonyl (C=O) groups is 2. The van der Waals surface area contributed by atoms with E-state index >= 15 is 0 Å². The van der Waals surface area contributed by atoms with Crippen LogP contribution in [-0.4, -0.2) is 44.3 Å². The van der Waals surface area contributed by atoms with Crippen molar-refractivity contribution in [1.29, 1.82) is 0 Å². The number of benzene rings is 3. The smallest absolute Gasteiger partial charge is 0.410 e. The van der Waals surface area contributed by atoms with Gasteiger partial charge >= 0.3 is 12.2 Å². The number of nitrogens with zero attached hydrogens (tertiary/aromatic N) is 2. The van der Waals surface area contributed by atoms with Crippen LogP contribution in [0.5, 0.6) is 5.75 Å². The standard InChI is InChI=1S/C35H43N3O5S/c1-24-31(44)36-29-19-28(16-17-30(29)41-24)23-38(33(40)43-35(5,6)7)22-27-15-11-14-26(18-27)21-37(32(39)42-34(2,3)4)20-25-12-9-8-10-13-25/h8-19,24H,20-23H2,1-7H3,(H,36,44). The van der Waals surface area contributed by atoms with Gasteiger partial charge in [0.1, 0.15) is 28.0 Å². The van der Waals surface area contributed by atoms with Crippen molar-refractivity contribution in [2.45, 2.75) is 92.0 Å². The molecule has 1 unspecified atom stereocenters. The maximum absolute atomic E-state index is 13.4. The highest BCUT2D eigenvalue weighted by Gasteiger charge is 2.26. The summed E-state index contributed by atoms with van der Waals surface area (Å²) in [7, 11) is 0. The molecule has 1 heterocycles. The summed E-state index contributed by atoms with van der Waals surface area (Å²) in [6.07, 6.45) is -1.01. The zero-order valence-corrected chi connectivity index (χ0v) is 27.5. The highest BCUT2D eigenvalue weighted by molar-refractivity contribution is 7.80. The zero-order valence-electron chi connectivity index (χ0n) is 26.7. The van der Waals surface area contributed by atoms with E-state index in [4.69, 9.17) is 26.4 Å². The van der Waals surface area contributed by atoms with Crippen LogP contribution in [0.4, 0.5) is 15.3 Å². The number of carbonyl (C=O) groups excluding carboxylic acids is 2. The van der Waals surface area contributed by atoms with Crippen molar-refractivity contribution < 1.29 is 23.8 Å². The van der Waals surface area contributed by atoms with Crippen LogP contribution in [0.1, 0.15) is 70.7 Å². The van der Waals surface area contributed by atoms with E-state index in [0.29, 0.717) is 31.2 Å². The summed E-state index contributed by atoms with van der Waals surface area (Å²) >= 11 is 5.39. The second-order valence-corrected chi connectivity index (χ2v) is 13.5. The van der Waals surface area contributed by atoms with Gasteiger partial charge in [-0.05, 0) is 82.9 Å². The highest BCUT2D eigenvalue weighted by atomic mass is 32.1. The molecule has 9 heteroatoms. The van der Waals surface area contributed by atoms with Crippen LogP contribution in [-0.2, 0) is 35.7 Å². The molecule has 4 rings (SSSR count). The molecule has 0 aliphatic carbocycles. The third-order valence-corrected chi connectivity index (χ3v) is 7.04. The Morgan fingerprint density at radius 1 is 0.727 bits per heavy atom. The molecule has 44 heavy (non-hydrogen) atoms. The summed E-state index contributed by atoms with van der Waals surface area (Å²) in [5.74, 6) is 0.719. The number of nitrogens with one attached hydrogen (secondary N) is 1. The van der Waals surface area contributed by atoms with Gasteiger partial charge in [0.25, 0.3) is 0 Å². The van der Waals surface area contributed by atoms with Crippen molar-refractivity contribution in [3.63, 3.8) is 0 Å². The number of rotatable bonds is 8. The number of ether oxygens (including phenoxy) is 3. The predicted molar refractivity (Wildman–Crippen MR) is 177 cm³/mol. The summed E-state index contributed by atoms with van der Waals surface area (Å²) < 4.78 is 17.4. The molecule has 1 aliphatic rings. The van der Waals surface area contributed by atoms with Gasteiger partial charge in [0.2, 0.25) is 0 Å². The van der Waals surface area contributed by atoms with E-state index in [9.17, 15) is 9.59 Å². The number of hydrogen-bond acceptors (Lipinski definition) is 6. The molecule has 3 aromatic rings. The minimum atomic E-state index is -0.657. The van der Waals surface area contributed by atoms with Crippen molar-refractivity contribution in [2.24, 2.45) is 0 Å². The quantitative estimate of drug-likeness (QED) is 0.256. The summed E-state index contributed by atoms with van der Waals surface area (Å²) in [6, 6.07) is 23.5. The minimum Gasteiger partial charge on any atom is -0.481 e. The maximum Gasteiger partial charge on any atom is 0.410 e. The van der Waals surface area contributed by atoms with E-state index in [1.807, 2.05) is 121 Å². The Kier molecular flexibility index (Phi) is 10.2. The van der Waals surface area contributed by atoms with Gasteiger partial charge in [-0.15, -0.1) is 0 Å². The van der Waals surface area contributed by atoms with Gasteiger partial charge in [-0.1, -0.05) is 72.9 Å². The molecule has 0 saturated carbocycles. The van der Waals surface area contributed by atoms with Crippen LogP contribution >= 0.6 is 12.2 Å². The molecule has 8 nitrogen and oxygen atoms in total. The molecule has 1 N–H and O–H groups in total. The molecule has 3 aromatic carbocycles. The molecule has 2 amide bonds. The van der Waals surface area contributed by atoms with E-state index in [0.717, 1.165) is 33.7 Å². The van der Waals surface area contributed by atoms with Crippen LogP contribution in [0.2, 0.25) is 0 Å². The van der Waals surface area contributed by atoms with Gasteiger partial charge in [-0.25, -0.2) is 9.59 Å². The largest absolute Gasteiger partial charge is 0.481 e. The Bertz CT molecular complexity index is 1480. The summed E-state index contributed by atoms with van der Waals surface area (Å²) in [5.41, 5.74) is 3.23. The summed E-state index contributed by atoms with van der Waals surface area (Å²) in [5, 5.41) is 3.24. The third-order valence-electron chi connectivity index (χ3n) is 6.61. The Balaban J connectivity index is 1.56. The number of fused-ring (bicyclic) bond motifs is 1. The van der Waals surface area contributed by atoms with Crippen LogP contribution < -0.4 is 10.1 Å². The minimum absolute atomic E-state index is 0.201. The van der Waals surface area contributed by atoms with Crippen molar-refractivity contribution in [3.05, 3.63) is 95.1 Å². The Morgan fingerprint density at radius 3 is 1.73 bits per heavy atom. The second-order valence-electron chi connectivity index (χ2n) is 13.1. The summed E-state index contributed by atoms with van der Waals surface area (Å²) in [4.78, 5) is 30.6. The molecule has 0 saturated heterocycles. The molecular formula is C35H43N3O5S. The number of anilines is 1. The predicted octanol–water partition coefficient (Wildman–Crippen LogP) is 8.08. The first-order valence-corrected chi connectivity index (χ1v) is 15.2. The molecule has 1 atom stereocenters. The first-order valence-electron chi connectivity index (χ1n) is 14.8. The molecule has 0 spiro atoms. The van der Waals surface area contributed by atoms with Gasteiger partial charge in [0.05, 0.1) is 5.69 Å². The molecule has 0 bridgehead atoms. The number of thiocarbonyl (C=S) groups is 1.